The second kappa shape index (κ2) is 10.1. The fourth-order valence-electron chi connectivity index (χ4n) is 2.81. The third kappa shape index (κ3) is 5.84. The van der Waals surface area contributed by atoms with Gasteiger partial charge in [0.2, 0.25) is 5.91 Å². The van der Waals surface area contributed by atoms with Crippen molar-refractivity contribution >= 4 is 52.0 Å². The standard InChI is InChI=1S/C22H20ClN3O4S/c1-26(13-20(27)25-17-12-15(23)8-9-18(17)30-2)22(29)14-5-3-6-16(11-14)24-21(28)19-7-4-10-31-19/h3-12H,13H2,1-2H3,(H,24,28)(H,25,27). The van der Waals surface area contributed by atoms with Crippen molar-refractivity contribution in [1.82, 2.24) is 4.90 Å². The number of hydrogen-bond acceptors (Lipinski definition) is 5. The predicted octanol–water partition coefficient (Wildman–Crippen LogP) is 4.37. The van der Waals surface area contributed by atoms with Crippen molar-refractivity contribution in [3.8, 4) is 5.75 Å². The van der Waals surface area contributed by atoms with Gasteiger partial charge in [-0.05, 0) is 47.8 Å². The molecule has 0 saturated heterocycles. The summed E-state index contributed by atoms with van der Waals surface area (Å²) in [4.78, 5) is 39.3. The number of ether oxygens (including phenoxy) is 1. The van der Waals surface area contributed by atoms with Crippen LogP contribution in [0.25, 0.3) is 0 Å². The molecule has 0 aliphatic carbocycles. The van der Waals surface area contributed by atoms with Crippen LogP contribution in [0.3, 0.4) is 0 Å². The Morgan fingerprint density at radius 3 is 2.58 bits per heavy atom. The number of carbonyl (C=O) groups is 3. The Morgan fingerprint density at radius 2 is 1.87 bits per heavy atom. The predicted molar refractivity (Wildman–Crippen MR) is 122 cm³/mol. The molecular weight excluding hydrogens is 438 g/mol. The molecule has 31 heavy (non-hydrogen) atoms. The van der Waals surface area contributed by atoms with Gasteiger partial charge in [-0.2, -0.15) is 0 Å². The van der Waals surface area contributed by atoms with Gasteiger partial charge in [0.15, 0.2) is 0 Å². The SMILES string of the molecule is COc1ccc(Cl)cc1NC(=O)CN(C)C(=O)c1cccc(NC(=O)c2cccs2)c1. The lowest BCUT2D eigenvalue weighted by atomic mass is 10.1. The van der Waals surface area contributed by atoms with Crippen LogP contribution in [-0.2, 0) is 4.79 Å². The van der Waals surface area contributed by atoms with Crippen molar-refractivity contribution in [2.75, 3.05) is 31.3 Å². The highest BCUT2D eigenvalue weighted by molar-refractivity contribution is 7.12. The molecule has 0 fully saturated rings. The van der Waals surface area contributed by atoms with E-state index in [1.807, 2.05) is 5.38 Å². The molecule has 3 aromatic rings. The smallest absolute Gasteiger partial charge is 0.265 e. The van der Waals surface area contributed by atoms with E-state index in [-0.39, 0.29) is 18.4 Å². The average molecular weight is 458 g/mol. The molecule has 0 radical (unpaired) electrons. The number of amides is 3. The number of hydrogen-bond donors (Lipinski definition) is 2. The van der Waals surface area contributed by atoms with Gasteiger partial charge in [0.05, 0.1) is 24.2 Å². The van der Waals surface area contributed by atoms with Gasteiger partial charge in [-0.1, -0.05) is 23.7 Å². The first-order chi connectivity index (χ1) is 14.9. The van der Waals surface area contributed by atoms with Crippen molar-refractivity contribution in [1.29, 1.82) is 0 Å². The highest BCUT2D eigenvalue weighted by Gasteiger charge is 2.17. The molecule has 3 amide bonds. The Labute approximate surface area is 188 Å². The zero-order valence-corrected chi connectivity index (χ0v) is 18.4. The highest BCUT2D eigenvalue weighted by Crippen LogP contribution is 2.27. The molecule has 0 aliphatic heterocycles. The second-order valence-corrected chi connectivity index (χ2v) is 7.95. The molecule has 2 aromatic carbocycles. The largest absolute Gasteiger partial charge is 0.495 e. The maximum atomic E-state index is 12.8. The summed E-state index contributed by atoms with van der Waals surface area (Å²) in [5.41, 5.74) is 1.25. The fraction of sp³-hybridized carbons (Fsp3) is 0.136. The number of rotatable bonds is 7. The Balaban J connectivity index is 1.64. The van der Waals surface area contributed by atoms with Gasteiger partial charge in [-0.25, -0.2) is 0 Å². The number of benzene rings is 2. The molecule has 1 aromatic heterocycles. The van der Waals surface area contributed by atoms with Gasteiger partial charge in [-0.15, -0.1) is 11.3 Å². The lowest BCUT2D eigenvalue weighted by molar-refractivity contribution is -0.116. The molecule has 0 aliphatic rings. The lowest BCUT2D eigenvalue weighted by Crippen LogP contribution is -2.35. The molecule has 0 atom stereocenters. The molecular formula is C22H20ClN3O4S. The number of nitrogens with one attached hydrogen (secondary N) is 2. The Hall–Kier alpha value is -3.36. The summed E-state index contributed by atoms with van der Waals surface area (Å²) < 4.78 is 5.21. The summed E-state index contributed by atoms with van der Waals surface area (Å²) in [6.07, 6.45) is 0. The number of carbonyl (C=O) groups excluding carboxylic acids is 3. The number of halogens is 1. The molecule has 3 rings (SSSR count). The van der Waals surface area contributed by atoms with Crippen molar-refractivity contribution in [3.63, 3.8) is 0 Å². The first-order valence-corrected chi connectivity index (χ1v) is 10.5. The summed E-state index contributed by atoms with van der Waals surface area (Å²) >= 11 is 7.30. The van der Waals surface area contributed by atoms with Crippen LogP contribution >= 0.6 is 22.9 Å². The average Bonchev–Trinajstić information content (AvgIpc) is 3.28. The molecule has 9 heteroatoms. The molecule has 0 unspecified atom stereocenters. The van der Waals surface area contributed by atoms with E-state index in [0.717, 1.165) is 0 Å². The van der Waals surface area contributed by atoms with Crippen LogP contribution in [0.5, 0.6) is 5.75 Å². The summed E-state index contributed by atoms with van der Waals surface area (Å²) in [6, 6.07) is 14.9. The second-order valence-electron chi connectivity index (χ2n) is 6.57. The third-order valence-electron chi connectivity index (χ3n) is 4.28. The van der Waals surface area contributed by atoms with Crippen LogP contribution in [0.15, 0.2) is 60.0 Å². The topological polar surface area (TPSA) is 87.7 Å². The number of methoxy groups -OCH3 is 1. The monoisotopic (exact) mass is 457 g/mol. The lowest BCUT2D eigenvalue weighted by Gasteiger charge is -2.18. The molecule has 0 saturated carbocycles. The van der Waals surface area contributed by atoms with Crippen molar-refractivity contribution in [3.05, 3.63) is 75.4 Å². The Bertz CT molecular complexity index is 1100. The number of likely N-dealkylation sites (N-methyl/N-ethyl adjacent to an activating group) is 1. The van der Waals surface area contributed by atoms with Gasteiger partial charge >= 0.3 is 0 Å². The minimum Gasteiger partial charge on any atom is -0.495 e. The fourth-order valence-corrected chi connectivity index (χ4v) is 3.60. The van der Waals surface area contributed by atoms with Crippen LogP contribution in [0, 0.1) is 0 Å². The first kappa shape index (κ1) is 22.3. The molecule has 160 valence electrons. The minimum absolute atomic E-state index is 0.180. The van der Waals surface area contributed by atoms with Gasteiger partial charge in [0.25, 0.3) is 11.8 Å². The van der Waals surface area contributed by atoms with E-state index in [4.69, 9.17) is 16.3 Å². The van der Waals surface area contributed by atoms with Crippen molar-refractivity contribution in [2.45, 2.75) is 0 Å². The van der Waals surface area contributed by atoms with Gasteiger partial charge < -0.3 is 20.3 Å². The van der Waals surface area contributed by atoms with E-state index in [1.165, 1.54) is 30.4 Å². The Kier molecular flexibility index (Phi) is 7.28. The molecule has 0 spiro atoms. The highest BCUT2D eigenvalue weighted by atomic mass is 35.5. The van der Waals surface area contributed by atoms with Gasteiger partial charge in [0, 0.05) is 23.3 Å². The Morgan fingerprint density at radius 1 is 1.06 bits per heavy atom. The molecule has 1 heterocycles. The van der Waals surface area contributed by atoms with Crippen LogP contribution in [-0.4, -0.2) is 43.3 Å². The minimum atomic E-state index is -0.404. The number of anilines is 2. The van der Waals surface area contributed by atoms with Crippen LogP contribution in [0.4, 0.5) is 11.4 Å². The summed E-state index contributed by atoms with van der Waals surface area (Å²) in [6.45, 7) is -0.180. The van der Waals surface area contributed by atoms with E-state index >= 15 is 0 Å². The quantitative estimate of drug-likeness (QED) is 0.551. The zero-order chi connectivity index (χ0) is 22.4. The molecule has 2 N–H and O–H groups in total. The van der Waals surface area contributed by atoms with E-state index in [0.29, 0.717) is 32.6 Å². The maximum absolute atomic E-state index is 12.8. The maximum Gasteiger partial charge on any atom is 0.265 e. The summed E-state index contributed by atoms with van der Waals surface area (Å²) in [5.74, 6) is -0.553. The number of nitrogens with zero attached hydrogens (tertiary/aromatic N) is 1. The zero-order valence-electron chi connectivity index (χ0n) is 16.8. The van der Waals surface area contributed by atoms with E-state index in [9.17, 15) is 14.4 Å². The van der Waals surface area contributed by atoms with Crippen molar-refractivity contribution < 1.29 is 19.1 Å². The summed E-state index contributed by atoms with van der Waals surface area (Å²) in [5, 5.41) is 7.72. The molecule has 0 bridgehead atoms. The third-order valence-corrected chi connectivity index (χ3v) is 5.38. The van der Waals surface area contributed by atoms with Gasteiger partial charge in [-0.3, -0.25) is 14.4 Å². The normalized spacial score (nSPS) is 10.3. The first-order valence-electron chi connectivity index (χ1n) is 9.21. The van der Waals surface area contributed by atoms with Crippen LogP contribution in [0.1, 0.15) is 20.0 Å². The number of thiophene rings is 1. The van der Waals surface area contributed by atoms with Gasteiger partial charge in [0.1, 0.15) is 5.75 Å². The summed E-state index contributed by atoms with van der Waals surface area (Å²) in [7, 11) is 3.01. The molecule has 7 nitrogen and oxygen atoms in total. The van der Waals surface area contributed by atoms with E-state index in [1.54, 1.807) is 54.6 Å². The van der Waals surface area contributed by atoms with Crippen molar-refractivity contribution in [2.24, 2.45) is 0 Å². The van der Waals surface area contributed by atoms with Crippen LogP contribution in [0.2, 0.25) is 5.02 Å². The van der Waals surface area contributed by atoms with Crippen LogP contribution < -0.4 is 15.4 Å². The van der Waals surface area contributed by atoms with E-state index in [2.05, 4.69) is 10.6 Å². The van der Waals surface area contributed by atoms with E-state index < -0.39 is 5.91 Å².